The molecule has 0 aromatic carbocycles. The summed E-state index contributed by atoms with van der Waals surface area (Å²) < 4.78 is 0. The van der Waals surface area contributed by atoms with Gasteiger partial charge >= 0.3 is 0 Å². The number of pyridine rings is 1. The molecule has 2 heterocycles. The summed E-state index contributed by atoms with van der Waals surface area (Å²) in [5, 5.41) is 0. The Kier molecular flexibility index (Phi) is 4.91. The van der Waals surface area contributed by atoms with E-state index in [1.165, 1.54) is 6.42 Å². The van der Waals surface area contributed by atoms with Gasteiger partial charge in [-0.1, -0.05) is 0 Å². The minimum absolute atomic E-state index is 0.136. The number of hydrogen-bond acceptors (Lipinski definition) is 3. The molecule has 1 aliphatic rings. The highest BCUT2D eigenvalue weighted by Gasteiger charge is 2.27. The second-order valence-electron chi connectivity index (χ2n) is 5.48. The molecule has 4 nitrogen and oxygen atoms in total. The van der Waals surface area contributed by atoms with Gasteiger partial charge in [0, 0.05) is 25.0 Å². The van der Waals surface area contributed by atoms with Crippen molar-refractivity contribution in [3.8, 4) is 0 Å². The molecular weight excluding hydrogens is 238 g/mol. The van der Waals surface area contributed by atoms with Crippen LogP contribution in [-0.2, 0) is 0 Å². The molecule has 1 aromatic heterocycles. The van der Waals surface area contributed by atoms with Crippen molar-refractivity contribution in [2.24, 2.45) is 0 Å². The van der Waals surface area contributed by atoms with E-state index in [1.54, 1.807) is 12.4 Å². The lowest BCUT2D eigenvalue weighted by Crippen LogP contribution is -2.44. The van der Waals surface area contributed by atoms with Gasteiger partial charge in [0.2, 0.25) is 0 Å². The third kappa shape index (κ3) is 3.77. The standard InChI is InChI=1S/C15H23N3O/c1-17(2)11-8-14-7-3-4-10-18(14)15(19)13-6-5-9-16-12-13/h5-6,9,12,14H,3-4,7-8,10-11H2,1-2H3/t14-/m1/s1. The Labute approximate surface area is 115 Å². The summed E-state index contributed by atoms with van der Waals surface area (Å²) in [4.78, 5) is 20.8. The molecule has 0 unspecified atom stereocenters. The first-order valence-electron chi connectivity index (χ1n) is 7.04. The number of likely N-dealkylation sites (tertiary alicyclic amines) is 1. The molecule has 1 fully saturated rings. The summed E-state index contributed by atoms with van der Waals surface area (Å²) in [6.07, 6.45) is 7.90. The Morgan fingerprint density at radius 1 is 1.47 bits per heavy atom. The Balaban J connectivity index is 2.04. The van der Waals surface area contributed by atoms with E-state index in [-0.39, 0.29) is 5.91 Å². The van der Waals surface area contributed by atoms with Gasteiger partial charge < -0.3 is 9.80 Å². The van der Waals surface area contributed by atoms with Crippen LogP contribution in [0, 0.1) is 0 Å². The molecule has 0 spiro atoms. The van der Waals surface area contributed by atoms with Gasteiger partial charge in [0.05, 0.1) is 5.56 Å². The normalized spacial score (nSPS) is 19.7. The molecule has 19 heavy (non-hydrogen) atoms. The Morgan fingerprint density at radius 2 is 2.32 bits per heavy atom. The van der Waals surface area contributed by atoms with Gasteiger partial charge in [-0.15, -0.1) is 0 Å². The first kappa shape index (κ1) is 14.0. The molecule has 0 N–H and O–H groups in total. The maximum Gasteiger partial charge on any atom is 0.255 e. The van der Waals surface area contributed by atoms with E-state index in [2.05, 4.69) is 24.0 Å². The van der Waals surface area contributed by atoms with Gasteiger partial charge in [-0.05, 0) is 58.5 Å². The van der Waals surface area contributed by atoms with Crippen molar-refractivity contribution >= 4 is 5.91 Å². The van der Waals surface area contributed by atoms with Gasteiger partial charge in [0.15, 0.2) is 0 Å². The summed E-state index contributed by atoms with van der Waals surface area (Å²) in [5.74, 6) is 0.136. The van der Waals surface area contributed by atoms with Crippen molar-refractivity contribution in [2.45, 2.75) is 31.7 Å². The van der Waals surface area contributed by atoms with E-state index >= 15 is 0 Å². The lowest BCUT2D eigenvalue weighted by molar-refractivity contribution is 0.0591. The van der Waals surface area contributed by atoms with Gasteiger partial charge in [-0.2, -0.15) is 0 Å². The van der Waals surface area contributed by atoms with Crippen LogP contribution in [0.1, 0.15) is 36.0 Å². The summed E-state index contributed by atoms with van der Waals surface area (Å²) in [5.41, 5.74) is 0.708. The van der Waals surface area contributed by atoms with Gasteiger partial charge in [-0.3, -0.25) is 9.78 Å². The Bertz CT molecular complexity index is 405. The van der Waals surface area contributed by atoms with Crippen LogP contribution in [-0.4, -0.2) is 53.9 Å². The molecule has 104 valence electrons. The average molecular weight is 261 g/mol. The molecular formula is C15H23N3O. The monoisotopic (exact) mass is 261 g/mol. The number of piperidine rings is 1. The first-order chi connectivity index (χ1) is 9.18. The molecule has 1 amide bonds. The lowest BCUT2D eigenvalue weighted by atomic mass is 9.98. The maximum absolute atomic E-state index is 12.5. The fourth-order valence-corrected chi connectivity index (χ4v) is 2.63. The van der Waals surface area contributed by atoms with Crippen molar-refractivity contribution in [1.29, 1.82) is 0 Å². The SMILES string of the molecule is CN(C)CC[C@H]1CCCCN1C(=O)c1cccnc1. The van der Waals surface area contributed by atoms with Gasteiger partial charge in [0.25, 0.3) is 5.91 Å². The van der Waals surface area contributed by atoms with E-state index in [1.807, 2.05) is 17.0 Å². The minimum Gasteiger partial charge on any atom is -0.336 e. The van der Waals surface area contributed by atoms with E-state index < -0.39 is 0 Å². The minimum atomic E-state index is 0.136. The van der Waals surface area contributed by atoms with E-state index in [4.69, 9.17) is 0 Å². The molecule has 0 aliphatic carbocycles. The fourth-order valence-electron chi connectivity index (χ4n) is 2.63. The van der Waals surface area contributed by atoms with Crippen LogP contribution in [0.25, 0.3) is 0 Å². The second-order valence-corrected chi connectivity index (χ2v) is 5.48. The highest BCUT2D eigenvalue weighted by atomic mass is 16.2. The molecule has 1 aliphatic heterocycles. The summed E-state index contributed by atoms with van der Waals surface area (Å²) in [6, 6.07) is 4.06. The van der Waals surface area contributed by atoms with Crippen molar-refractivity contribution in [2.75, 3.05) is 27.2 Å². The smallest absolute Gasteiger partial charge is 0.255 e. The highest BCUT2D eigenvalue weighted by Crippen LogP contribution is 2.21. The second kappa shape index (κ2) is 6.66. The molecule has 4 heteroatoms. The maximum atomic E-state index is 12.5. The largest absolute Gasteiger partial charge is 0.336 e. The number of carbonyl (C=O) groups is 1. The predicted octanol–water partition coefficient (Wildman–Crippen LogP) is 2.03. The number of carbonyl (C=O) groups excluding carboxylic acids is 1. The van der Waals surface area contributed by atoms with Crippen molar-refractivity contribution < 1.29 is 4.79 Å². The zero-order chi connectivity index (χ0) is 13.7. The summed E-state index contributed by atoms with van der Waals surface area (Å²) in [7, 11) is 4.16. The van der Waals surface area contributed by atoms with Gasteiger partial charge in [0.1, 0.15) is 0 Å². The van der Waals surface area contributed by atoms with Crippen LogP contribution in [0.5, 0.6) is 0 Å². The van der Waals surface area contributed by atoms with Crippen molar-refractivity contribution in [3.63, 3.8) is 0 Å². The average Bonchev–Trinajstić information content (AvgIpc) is 2.45. The summed E-state index contributed by atoms with van der Waals surface area (Å²) >= 11 is 0. The highest BCUT2D eigenvalue weighted by molar-refractivity contribution is 5.94. The third-order valence-corrected chi connectivity index (χ3v) is 3.71. The van der Waals surface area contributed by atoms with Crippen molar-refractivity contribution in [3.05, 3.63) is 30.1 Å². The molecule has 1 atom stereocenters. The van der Waals surface area contributed by atoms with E-state index in [0.29, 0.717) is 11.6 Å². The number of nitrogens with zero attached hydrogens (tertiary/aromatic N) is 3. The van der Waals surface area contributed by atoms with Crippen LogP contribution < -0.4 is 0 Å². The molecule has 2 rings (SSSR count). The number of hydrogen-bond donors (Lipinski definition) is 0. The molecule has 0 saturated carbocycles. The van der Waals surface area contributed by atoms with E-state index in [9.17, 15) is 4.79 Å². The molecule has 1 aromatic rings. The molecule has 1 saturated heterocycles. The zero-order valence-corrected chi connectivity index (χ0v) is 11.9. The number of aromatic nitrogens is 1. The van der Waals surface area contributed by atoms with Crippen LogP contribution in [0.3, 0.4) is 0 Å². The van der Waals surface area contributed by atoms with Crippen LogP contribution in [0.15, 0.2) is 24.5 Å². The third-order valence-electron chi connectivity index (χ3n) is 3.71. The lowest BCUT2D eigenvalue weighted by Gasteiger charge is -2.36. The van der Waals surface area contributed by atoms with Crippen LogP contribution in [0.4, 0.5) is 0 Å². The number of amides is 1. The summed E-state index contributed by atoms with van der Waals surface area (Å²) in [6.45, 7) is 1.91. The molecule has 0 bridgehead atoms. The van der Waals surface area contributed by atoms with Crippen molar-refractivity contribution in [1.82, 2.24) is 14.8 Å². The molecule has 0 radical (unpaired) electrons. The quantitative estimate of drug-likeness (QED) is 0.832. The topological polar surface area (TPSA) is 36.4 Å². The predicted molar refractivity (Wildman–Crippen MR) is 76.1 cm³/mol. The van der Waals surface area contributed by atoms with Gasteiger partial charge in [-0.25, -0.2) is 0 Å². The first-order valence-corrected chi connectivity index (χ1v) is 7.04. The van der Waals surface area contributed by atoms with Crippen LogP contribution in [0.2, 0.25) is 0 Å². The van der Waals surface area contributed by atoms with Crippen LogP contribution >= 0.6 is 0 Å². The van der Waals surface area contributed by atoms with E-state index in [0.717, 1.165) is 32.4 Å². The number of rotatable bonds is 4. The fraction of sp³-hybridized carbons (Fsp3) is 0.600. The Hall–Kier alpha value is -1.42. The zero-order valence-electron chi connectivity index (χ0n) is 11.9. The Morgan fingerprint density at radius 3 is 3.00 bits per heavy atom.